The Labute approximate surface area is 137 Å². The highest BCUT2D eigenvalue weighted by Crippen LogP contribution is 2.17. The van der Waals surface area contributed by atoms with Crippen LogP contribution in [0.25, 0.3) is 0 Å². The first kappa shape index (κ1) is 17.6. The van der Waals surface area contributed by atoms with Crippen molar-refractivity contribution in [1.29, 1.82) is 0 Å². The van der Waals surface area contributed by atoms with E-state index in [1.165, 1.54) is 30.5 Å². The van der Waals surface area contributed by atoms with Gasteiger partial charge in [0, 0.05) is 26.7 Å². The van der Waals surface area contributed by atoms with E-state index in [4.69, 9.17) is 0 Å². The Morgan fingerprint density at radius 3 is 2.39 bits per heavy atom. The molecular formula is C17H21FN2O2S. The molecule has 0 saturated heterocycles. The van der Waals surface area contributed by atoms with Crippen molar-refractivity contribution in [2.45, 2.75) is 24.4 Å². The Bertz CT molecular complexity index is 758. The highest BCUT2D eigenvalue weighted by atomic mass is 32.2. The molecule has 23 heavy (non-hydrogen) atoms. The summed E-state index contributed by atoms with van der Waals surface area (Å²) >= 11 is 0. The van der Waals surface area contributed by atoms with Gasteiger partial charge < -0.3 is 5.32 Å². The van der Waals surface area contributed by atoms with Crippen LogP contribution in [0.4, 0.5) is 4.39 Å². The van der Waals surface area contributed by atoms with Gasteiger partial charge in [0.2, 0.25) is 10.0 Å². The van der Waals surface area contributed by atoms with Crippen LogP contribution >= 0.6 is 0 Å². The largest absolute Gasteiger partial charge is 0.306 e. The van der Waals surface area contributed by atoms with E-state index in [1.54, 1.807) is 30.3 Å². The van der Waals surface area contributed by atoms with E-state index < -0.39 is 10.0 Å². The van der Waals surface area contributed by atoms with Crippen LogP contribution in [0.3, 0.4) is 0 Å². The summed E-state index contributed by atoms with van der Waals surface area (Å²) in [5.74, 6) is -0.262. The van der Waals surface area contributed by atoms with Gasteiger partial charge in [-0.3, -0.25) is 0 Å². The highest BCUT2D eigenvalue weighted by Gasteiger charge is 2.17. The summed E-state index contributed by atoms with van der Waals surface area (Å²) in [6.45, 7) is 2.50. The number of benzene rings is 2. The Morgan fingerprint density at radius 2 is 1.78 bits per heavy atom. The first-order valence-electron chi connectivity index (χ1n) is 7.31. The average Bonchev–Trinajstić information content (AvgIpc) is 2.53. The van der Waals surface area contributed by atoms with E-state index >= 15 is 0 Å². The van der Waals surface area contributed by atoms with Crippen molar-refractivity contribution >= 4 is 10.0 Å². The molecule has 2 aromatic carbocycles. The minimum Gasteiger partial charge on any atom is -0.306 e. The zero-order valence-electron chi connectivity index (χ0n) is 13.5. The molecule has 0 amide bonds. The van der Waals surface area contributed by atoms with Crippen molar-refractivity contribution in [2.75, 3.05) is 14.1 Å². The normalized spacial score (nSPS) is 13.3. The summed E-state index contributed by atoms with van der Waals surface area (Å²) in [7, 11) is -0.409. The topological polar surface area (TPSA) is 49.4 Å². The van der Waals surface area contributed by atoms with Crippen LogP contribution in [0.5, 0.6) is 0 Å². The molecular weight excluding hydrogens is 315 g/mol. The summed E-state index contributed by atoms with van der Waals surface area (Å²) in [6, 6.07) is 13.2. The van der Waals surface area contributed by atoms with Crippen molar-refractivity contribution in [3.05, 3.63) is 65.5 Å². The first-order valence-corrected chi connectivity index (χ1v) is 8.75. The third-order valence-electron chi connectivity index (χ3n) is 3.66. The molecule has 0 aromatic heterocycles. The monoisotopic (exact) mass is 336 g/mol. The van der Waals surface area contributed by atoms with Gasteiger partial charge in [0.1, 0.15) is 5.82 Å². The smallest absolute Gasteiger partial charge is 0.242 e. The maximum absolute atomic E-state index is 12.9. The molecule has 0 spiro atoms. The molecule has 0 aliphatic carbocycles. The van der Waals surface area contributed by atoms with Gasteiger partial charge in [-0.2, -0.15) is 0 Å². The van der Waals surface area contributed by atoms with Gasteiger partial charge in [0.15, 0.2) is 0 Å². The van der Waals surface area contributed by atoms with E-state index in [0.29, 0.717) is 6.54 Å². The Morgan fingerprint density at radius 1 is 1.13 bits per heavy atom. The number of hydrogen-bond donors (Lipinski definition) is 1. The molecule has 0 bridgehead atoms. The maximum atomic E-state index is 12.9. The fraction of sp³-hybridized carbons (Fsp3) is 0.294. The van der Waals surface area contributed by atoms with Crippen molar-refractivity contribution in [3.63, 3.8) is 0 Å². The van der Waals surface area contributed by atoms with E-state index in [0.717, 1.165) is 11.1 Å². The summed E-state index contributed by atoms with van der Waals surface area (Å²) < 4.78 is 38.4. The van der Waals surface area contributed by atoms with Crippen LogP contribution in [0.15, 0.2) is 53.4 Å². The van der Waals surface area contributed by atoms with Crippen molar-refractivity contribution in [3.8, 4) is 0 Å². The highest BCUT2D eigenvalue weighted by molar-refractivity contribution is 7.89. The van der Waals surface area contributed by atoms with Gasteiger partial charge >= 0.3 is 0 Å². The van der Waals surface area contributed by atoms with Crippen LogP contribution < -0.4 is 5.32 Å². The van der Waals surface area contributed by atoms with Gasteiger partial charge in [-0.15, -0.1) is 0 Å². The number of nitrogens with one attached hydrogen (secondary N) is 1. The molecule has 0 fully saturated rings. The summed E-state index contributed by atoms with van der Waals surface area (Å²) in [6.07, 6.45) is 0. The van der Waals surface area contributed by atoms with Gasteiger partial charge in [0.25, 0.3) is 0 Å². The number of nitrogens with zero attached hydrogens (tertiary/aromatic N) is 1. The second kappa shape index (κ2) is 7.21. The Hall–Kier alpha value is -1.76. The van der Waals surface area contributed by atoms with Crippen LogP contribution in [0.2, 0.25) is 0 Å². The van der Waals surface area contributed by atoms with Crippen molar-refractivity contribution < 1.29 is 12.8 Å². The summed E-state index contributed by atoms with van der Waals surface area (Å²) in [4.78, 5) is 0.274. The predicted molar refractivity (Wildman–Crippen MR) is 89.0 cm³/mol. The number of hydrogen-bond acceptors (Lipinski definition) is 3. The molecule has 1 N–H and O–H groups in total. The zero-order valence-corrected chi connectivity index (χ0v) is 14.3. The van der Waals surface area contributed by atoms with Crippen molar-refractivity contribution in [2.24, 2.45) is 0 Å². The Kier molecular flexibility index (Phi) is 5.51. The van der Waals surface area contributed by atoms with E-state index in [1.807, 2.05) is 13.0 Å². The zero-order chi connectivity index (χ0) is 17.0. The predicted octanol–water partition coefficient (Wildman–Crippen LogP) is 2.93. The third-order valence-corrected chi connectivity index (χ3v) is 5.47. The van der Waals surface area contributed by atoms with Crippen molar-refractivity contribution in [1.82, 2.24) is 9.62 Å². The van der Waals surface area contributed by atoms with Crippen LogP contribution in [-0.4, -0.2) is 26.8 Å². The van der Waals surface area contributed by atoms with Crippen LogP contribution in [-0.2, 0) is 16.6 Å². The standard InChI is InChI=1S/C17H21FN2O2S/c1-13(15-7-9-16(18)10-8-15)19-12-14-5-4-6-17(11-14)23(21,22)20(2)3/h4-11,13,19H,12H2,1-3H3/t13-/m0/s1. The third kappa shape index (κ3) is 4.37. The van der Waals surface area contributed by atoms with E-state index in [2.05, 4.69) is 5.32 Å². The van der Waals surface area contributed by atoms with Gasteiger partial charge in [-0.05, 0) is 42.3 Å². The molecule has 6 heteroatoms. The Balaban J connectivity index is 2.08. The second-order valence-corrected chi connectivity index (χ2v) is 7.74. The molecule has 0 aliphatic heterocycles. The summed E-state index contributed by atoms with van der Waals surface area (Å²) in [5, 5.41) is 3.31. The second-order valence-electron chi connectivity index (χ2n) is 5.59. The van der Waals surface area contributed by atoms with Crippen LogP contribution in [0, 0.1) is 5.82 Å². The minimum atomic E-state index is -3.43. The fourth-order valence-electron chi connectivity index (χ4n) is 2.17. The molecule has 2 aromatic rings. The molecule has 0 radical (unpaired) electrons. The molecule has 0 saturated carbocycles. The van der Waals surface area contributed by atoms with E-state index in [-0.39, 0.29) is 16.8 Å². The molecule has 1 atom stereocenters. The SMILES string of the molecule is C[C@H](NCc1cccc(S(=O)(=O)N(C)C)c1)c1ccc(F)cc1. The molecule has 0 unspecified atom stereocenters. The van der Waals surface area contributed by atoms with Gasteiger partial charge in [-0.25, -0.2) is 17.1 Å². The number of rotatable bonds is 6. The first-order chi connectivity index (χ1) is 10.8. The molecule has 124 valence electrons. The minimum absolute atomic E-state index is 0.0321. The molecule has 0 heterocycles. The molecule has 2 rings (SSSR count). The fourth-order valence-corrected chi connectivity index (χ4v) is 3.14. The number of halogens is 1. The lowest BCUT2D eigenvalue weighted by molar-refractivity contribution is 0.520. The quantitative estimate of drug-likeness (QED) is 0.882. The number of sulfonamides is 1. The van der Waals surface area contributed by atoms with Gasteiger partial charge in [-0.1, -0.05) is 24.3 Å². The maximum Gasteiger partial charge on any atom is 0.242 e. The lowest BCUT2D eigenvalue weighted by atomic mass is 10.1. The van der Waals surface area contributed by atoms with E-state index in [9.17, 15) is 12.8 Å². The molecule has 0 aliphatic rings. The summed E-state index contributed by atoms with van der Waals surface area (Å²) in [5.41, 5.74) is 1.85. The van der Waals surface area contributed by atoms with Gasteiger partial charge in [0.05, 0.1) is 4.90 Å². The lowest BCUT2D eigenvalue weighted by Crippen LogP contribution is -2.23. The molecule has 4 nitrogen and oxygen atoms in total. The average molecular weight is 336 g/mol. The lowest BCUT2D eigenvalue weighted by Gasteiger charge is -2.16. The van der Waals surface area contributed by atoms with Crippen LogP contribution in [0.1, 0.15) is 24.1 Å².